The van der Waals surface area contributed by atoms with Crippen molar-refractivity contribution in [2.24, 2.45) is 0 Å². The number of hydrogen-bond donors (Lipinski definition) is 0. The van der Waals surface area contributed by atoms with Crippen molar-refractivity contribution in [1.29, 1.82) is 0 Å². The van der Waals surface area contributed by atoms with Gasteiger partial charge < -0.3 is 36.6 Å². The first-order valence-corrected chi connectivity index (χ1v) is 21.6. The smallest absolute Gasteiger partial charge is 0.550 e. The average molecular weight is 908 g/mol. The Kier molecular flexibility index (Phi) is 68.1. The third kappa shape index (κ3) is 75.1. The van der Waals surface area contributed by atoms with Gasteiger partial charge in [-0.25, -0.2) is 0 Å². The Bertz CT molecular complexity index is 558. The van der Waals surface area contributed by atoms with Crippen molar-refractivity contribution >= 4 is 17.9 Å². The first kappa shape index (κ1) is 59.4. The largest absolute Gasteiger partial charge is 3.00 e. The van der Waals surface area contributed by atoms with Crippen LogP contribution >= 0.6 is 0 Å². The van der Waals surface area contributed by atoms with Crippen LogP contribution in [-0.2, 0) is 36.8 Å². The van der Waals surface area contributed by atoms with Crippen LogP contribution in [0.2, 0.25) is 0 Å². The van der Waals surface area contributed by atoms with Gasteiger partial charge in [0, 0.05) is 17.9 Å². The molecule has 0 aliphatic heterocycles. The summed E-state index contributed by atoms with van der Waals surface area (Å²) in [5.41, 5.74) is 0. The number of aliphatic carboxylic acids is 3. The van der Waals surface area contributed by atoms with Crippen molar-refractivity contribution in [2.75, 3.05) is 0 Å². The second-order valence-corrected chi connectivity index (χ2v) is 14.0. The molecule has 0 heterocycles. The van der Waals surface area contributed by atoms with E-state index in [9.17, 15) is 29.7 Å². The van der Waals surface area contributed by atoms with E-state index in [0.29, 0.717) is 0 Å². The van der Waals surface area contributed by atoms with Gasteiger partial charge in [0.2, 0.25) is 0 Å². The molecule has 0 aliphatic rings. The van der Waals surface area contributed by atoms with Gasteiger partial charge >= 0.3 is 22.4 Å². The molecule has 0 spiro atoms. The van der Waals surface area contributed by atoms with Gasteiger partial charge in [-0.2, -0.15) is 6.92 Å². The Hall–Kier alpha value is -0.850. The second kappa shape index (κ2) is 58.5. The maximum atomic E-state index is 10.1. The summed E-state index contributed by atoms with van der Waals surface area (Å²) in [4.78, 5) is 30.4. The van der Waals surface area contributed by atoms with E-state index in [2.05, 4.69) is 27.7 Å². The predicted octanol–water partition coefficient (Wildman–Crippen LogP) is 11.2. The zero-order chi connectivity index (χ0) is 38.2. The summed E-state index contributed by atoms with van der Waals surface area (Å²) in [6.07, 6.45) is 42.1. The summed E-state index contributed by atoms with van der Waals surface area (Å²) in [6, 6.07) is 0. The van der Waals surface area contributed by atoms with Crippen molar-refractivity contribution in [3.63, 3.8) is 0 Å². The molecular weight excluding hydrogens is 821 g/mol. The predicted molar refractivity (Wildman–Crippen MR) is 209 cm³/mol. The van der Waals surface area contributed by atoms with Gasteiger partial charge in [-0.3, -0.25) is 0 Å². The average Bonchev–Trinajstić information content (AvgIpc) is 3.09. The molecule has 0 aromatic heterocycles. The molecular formula is C44H86AuO6-. The zero-order valence-electron chi connectivity index (χ0n) is 34.4. The summed E-state index contributed by atoms with van der Waals surface area (Å²) in [5, 5.41) is 30.4. The van der Waals surface area contributed by atoms with Crippen LogP contribution in [-0.4, -0.2) is 17.9 Å². The van der Waals surface area contributed by atoms with Crippen molar-refractivity contribution in [3.05, 3.63) is 6.92 Å². The molecule has 0 atom stereocenters. The maximum absolute atomic E-state index is 10.1. The van der Waals surface area contributed by atoms with E-state index in [1.165, 1.54) is 173 Å². The van der Waals surface area contributed by atoms with E-state index in [1.807, 2.05) is 0 Å². The summed E-state index contributed by atoms with van der Waals surface area (Å²) in [5.74, 6) is -2.72. The van der Waals surface area contributed by atoms with Crippen LogP contribution in [0.25, 0.3) is 0 Å². The second-order valence-electron chi connectivity index (χ2n) is 14.0. The molecule has 0 aliphatic carbocycles. The molecule has 0 N–H and O–H groups in total. The van der Waals surface area contributed by atoms with Crippen molar-refractivity contribution in [3.8, 4) is 0 Å². The first-order valence-electron chi connectivity index (χ1n) is 21.6. The molecule has 0 unspecified atom stereocenters. The fraction of sp³-hybridized carbons (Fsp3) is 0.909. The number of rotatable bonds is 36. The Balaban J connectivity index is -0.000000200. The van der Waals surface area contributed by atoms with E-state index >= 15 is 0 Å². The Labute approximate surface area is 334 Å². The molecule has 0 amide bonds. The van der Waals surface area contributed by atoms with Crippen LogP contribution in [0.15, 0.2) is 0 Å². The first-order chi connectivity index (χ1) is 24.3. The standard InChI is InChI=1S/3C14H28O2.C2H5.Au/c3*1-2-3-4-5-6-7-8-9-10-11-12-13-14(15)16;1-2;/h3*2-13H2,1H3,(H,15,16);1H2,2H3;/q;;;-1;+3/p-3. The SMILES string of the molecule is CCCCCCCCCCCCCC(=O)[O-].CCCCCCCCCCCCCC(=O)[O-].CCCCCCCCCCCCCC(=O)[O-].[Au+3].[CH2-]C. The van der Waals surface area contributed by atoms with Crippen LogP contribution < -0.4 is 15.3 Å². The van der Waals surface area contributed by atoms with Crippen molar-refractivity contribution in [1.82, 2.24) is 0 Å². The third-order valence-electron chi connectivity index (χ3n) is 8.95. The van der Waals surface area contributed by atoms with Crippen LogP contribution in [0, 0.1) is 6.92 Å². The Morgan fingerprint density at radius 3 is 0.529 bits per heavy atom. The maximum Gasteiger partial charge on any atom is 3.00 e. The van der Waals surface area contributed by atoms with Crippen LogP contribution in [0.1, 0.15) is 259 Å². The number of carboxylic acid groups (broad SMARTS) is 3. The van der Waals surface area contributed by atoms with E-state index in [0.717, 1.165) is 38.5 Å². The number of carbonyl (C=O) groups excluding carboxylic acids is 3. The van der Waals surface area contributed by atoms with Crippen molar-refractivity contribution < 1.29 is 52.1 Å². The molecule has 0 bridgehead atoms. The summed E-state index contributed by atoms with van der Waals surface area (Å²) in [6.45, 7) is 11.7. The minimum Gasteiger partial charge on any atom is -0.550 e. The van der Waals surface area contributed by atoms with Gasteiger partial charge in [-0.1, -0.05) is 213 Å². The van der Waals surface area contributed by atoms with E-state index in [1.54, 1.807) is 6.92 Å². The Morgan fingerprint density at radius 1 is 0.294 bits per heavy atom. The molecule has 0 aromatic carbocycles. The fourth-order valence-electron chi connectivity index (χ4n) is 5.80. The summed E-state index contributed by atoms with van der Waals surface area (Å²) in [7, 11) is 0. The van der Waals surface area contributed by atoms with Gasteiger partial charge in [0.1, 0.15) is 0 Å². The molecule has 310 valence electrons. The van der Waals surface area contributed by atoms with Crippen LogP contribution in [0.3, 0.4) is 0 Å². The van der Waals surface area contributed by atoms with E-state index < -0.39 is 17.9 Å². The van der Waals surface area contributed by atoms with Gasteiger partial charge in [0.05, 0.1) is 0 Å². The minimum absolute atomic E-state index is 0. The molecule has 0 saturated heterocycles. The summed E-state index contributed by atoms with van der Waals surface area (Å²) >= 11 is 0. The molecule has 7 heteroatoms. The van der Waals surface area contributed by atoms with Crippen LogP contribution in [0.5, 0.6) is 0 Å². The molecule has 0 fully saturated rings. The molecule has 51 heavy (non-hydrogen) atoms. The molecule has 0 saturated carbocycles. The summed E-state index contributed by atoms with van der Waals surface area (Å²) < 4.78 is 0. The minimum atomic E-state index is -0.907. The monoisotopic (exact) mass is 908 g/mol. The van der Waals surface area contributed by atoms with Crippen LogP contribution in [0.4, 0.5) is 0 Å². The quantitative estimate of drug-likeness (QED) is 0.0351. The number of carboxylic acids is 3. The third-order valence-corrected chi connectivity index (χ3v) is 8.95. The van der Waals surface area contributed by atoms with Gasteiger partial charge in [-0.15, -0.1) is 0 Å². The van der Waals surface area contributed by atoms with Gasteiger partial charge in [0.25, 0.3) is 0 Å². The van der Waals surface area contributed by atoms with E-state index in [-0.39, 0.29) is 41.6 Å². The van der Waals surface area contributed by atoms with E-state index in [4.69, 9.17) is 0 Å². The fourth-order valence-corrected chi connectivity index (χ4v) is 5.80. The number of unbranched alkanes of at least 4 members (excludes halogenated alkanes) is 30. The molecule has 0 rings (SSSR count). The zero-order valence-corrected chi connectivity index (χ0v) is 36.6. The van der Waals surface area contributed by atoms with Gasteiger partial charge in [0.15, 0.2) is 0 Å². The number of hydrogen-bond acceptors (Lipinski definition) is 6. The van der Waals surface area contributed by atoms with Gasteiger partial charge in [-0.05, 0) is 38.5 Å². The molecule has 0 radical (unpaired) electrons. The molecule has 6 nitrogen and oxygen atoms in total. The van der Waals surface area contributed by atoms with Crippen molar-refractivity contribution in [2.45, 2.75) is 259 Å². The number of carbonyl (C=O) groups is 3. The topological polar surface area (TPSA) is 120 Å². The normalized spacial score (nSPS) is 10.1. The Morgan fingerprint density at radius 2 is 0.412 bits per heavy atom. The molecule has 0 aromatic rings.